The molecule has 2 heterocycles. The average Bonchev–Trinajstić information content (AvgIpc) is 2.46. The zero-order valence-electron chi connectivity index (χ0n) is 12.5. The molecule has 2 amide bonds. The van der Waals surface area contributed by atoms with E-state index in [2.05, 4.69) is 15.2 Å². The molecule has 2 rings (SSSR count). The molecule has 0 unspecified atom stereocenters. The van der Waals surface area contributed by atoms with E-state index in [1.165, 1.54) is 6.20 Å². The van der Waals surface area contributed by atoms with E-state index in [-0.39, 0.29) is 17.9 Å². The van der Waals surface area contributed by atoms with Crippen LogP contribution in [-0.4, -0.2) is 35.9 Å². The zero-order valence-corrected chi connectivity index (χ0v) is 12.5. The zero-order chi connectivity index (χ0) is 15.4. The van der Waals surface area contributed by atoms with Crippen LogP contribution >= 0.6 is 0 Å². The lowest BCUT2D eigenvalue weighted by molar-refractivity contribution is -0.126. The number of piperidine rings is 1. The molecule has 0 atom stereocenters. The van der Waals surface area contributed by atoms with E-state index < -0.39 is 5.91 Å². The molecule has 3 N–H and O–H groups in total. The van der Waals surface area contributed by atoms with Gasteiger partial charge in [0.1, 0.15) is 0 Å². The van der Waals surface area contributed by atoms with Crippen molar-refractivity contribution in [3.8, 4) is 0 Å². The number of anilines is 1. The maximum absolute atomic E-state index is 12.0. The molecule has 0 bridgehead atoms. The molecule has 1 aliphatic rings. The lowest BCUT2D eigenvalue weighted by atomic mass is 9.95. The Kier molecular flexibility index (Phi) is 4.77. The molecule has 114 valence electrons. The predicted molar refractivity (Wildman–Crippen MR) is 81.0 cm³/mol. The van der Waals surface area contributed by atoms with Crippen molar-refractivity contribution in [1.82, 2.24) is 10.3 Å². The predicted octanol–water partition coefficient (Wildman–Crippen LogP) is 0.921. The standard InChI is InChI=1S/C15H22N4O2/c1-10(2)18-15(21)11-4-7-19(8-5-11)13-3-6-17-9-12(13)14(16)20/h3,6,9-11H,4-5,7-8H2,1-2H3,(H2,16,20)(H,18,21). The first-order chi connectivity index (χ1) is 9.99. The third kappa shape index (κ3) is 3.71. The van der Waals surface area contributed by atoms with Crippen molar-refractivity contribution in [2.24, 2.45) is 11.7 Å². The van der Waals surface area contributed by atoms with Gasteiger partial charge in [0.15, 0.2) is 0 Å². The summed E-state index contributed by atoms with van der Waals surface area (Å²) in [4.78, 5) is 29.5. The lowest BCUT2D eigenvalue weighted by Crippen LogP contribution is -2.42. The molecule has 1 saturated heterocycles. The molecule has 0 radical (unpaired) electrons. The highest BCUT2D eigenvalue weighted by molar-refractivity contribution is 5.98. The Labute approximate surface area is 124 Å². The first-order valence-corrected chi connectivity index (χ1v) is 7.28. The minimum Gasteiger partial charge on any atom is -0.371 e. The number of primary amides is 1. The molecule has 1 fully saturated rings. The highest BCUT2D eigenvalue weighted by atomic mass is 16.2. The molecular formula is C15H22N4O2. The second-order valence-electron chi connectivity index (χ2n) is 5.68. The van der Waals surface area contributed by atoms with Crippen molar-refractivity contribution in [3.05, 3.63) is 24.0 Å². The van der Waals surface area contributed by atoms with Gasteiger partial charge in [0.25, 0.3) is 5.91 Å². The molecule has 21 heavy (non-hydrogen) atoms. The van der Waals surface area contributed by atoms with Crippen molar-refractivity contribution in [3.63, 3.8) is 0 Å². The summed E-state index contributed by atoms with van der Waals surface area (Å²) in [5.74, 6) is -0.310. The average molecular weight is 290 g/mol. The van der Waals surface area contributed by atoms with Crippen LogP contribution in [0.4, 0.5) is 5.69 Å². The number of nitrogens with zero attached hydrogens (tertiary/aromatic N) is 2. The normalized spacial score (nSPS) is 16.0. The molecule has 6 nitrogen and oxygen atoms in total. The van der Waals surface area contributed by atoms with Crippen molar-refractivity contribution in [2.45, 2.75) is 32.7 Å². The Morgan fingerprint density at radius 2 is 2.05 bits per heavy atom. The summed E-state index contributed by atoms with van der Waals surface area (Å²) in [6.45, 7) is 5.40. The van der Waals surface area contributed by atoms with E-state index in [0.29, 0.717) is 5.56 Å². The van der Waals surface area contributed by atoms with Gasteiger partial charge in [-0.1, -0.05) is 0 Å². The van der Waals surface area contributed by atoms with Gasteiger partial charge in [-0.15, -0.1) is 0 Å². The van der Waals surface area contributed by atoms with Crippen LogP contribution in [-0.2, 0) is 4.79 Å². The van der Waals surface area contributed by atoms with Crippen molar-refractivity contribution >= 4 is 17.5 Å². The van der Waals surface area contributed by atoms with Gasteiger partial charge in [0.2, 0.25) is 5.91 Å². The van der Waals surface area contributed by atoms with Crippen LogP contribution in [0.5, 0.6) is 0 Å². The van der Waals surface area contributed by atoms with Gasteiger partial charge >= 0.3 is 0 Å². The topological polar surface area (TPSA) is 88.3 Å². The van der Waals surface area contributed by atoms with Crippen LogP contribution in [0.25, 0.3) is 0 Å². The van der Waals surface area contributed by atoms with Crippen LogP contribution in [0.3, 0.4) is 0 Å². The second kappa shape index (κ2) is 6.56. The SMILES string of the molecule is CC(C)NC(=O)C1CCN(c2ccncc2C(N)=O)CC1. The van der Waals surface area contributed by atoms with E-state index in [0.717, 1.165) is 31.6 Å². The van der Waals surface area contributed by atoms with E-state index in [9.17, 15) is 9.59 Å². The number of rotatable bonds is 4. The number of carbonyl (C=O) groups is 2. The fourth-order valence-corrected chi connectivity index (χ4v) is 2.64. The molecule has 6 heteroatoms. The fraction of sp³-hybridized carbons (Fsp3) is 0.533. The van der Waals surface area contributed by atoms with Gasteiger partial charge in [-0.2, -0.15) is 0 Å². The number of hydrogen-bond acceptors (Lipinski definition) is 4. The van der Waals surface area contributed by atoms with Gasteiger partial charge in [-0.25, -0.2) is 0 Å². The summed E-state index contributed by atoms with van der Waals surface area (Å²) < 4.78 is 0. The summed E-state index contributed by atoms with van der Waals surface area (Å²) in [5.41, 5.74) is 6.62. The van der Waals surface area contributed by atoms with Gasteiger partial charge in [-0.05, 0) is 32.8 Å². The second-order valence-corrected chi connectivity index (χ2v) is 5.68. The first kappa shape index (κ1) is 15.3. The molecule has 1 aromatic rings. The van der Waals surface area contributed by atoms with Gasteiger partial charge < -0.3 is 16.0 Å². The van der Waals surface area contributed by atoms with E-state index >= 15 is 0 Å². The number of aromatic nitrogens is 1. The number of amides is 2. The number of hydrogen-bond donors (Lipinski definition) is 2. The number of pyridine rings is 1. The smallest absolute Gasteiger partial charge is 0.252 e. The first-order valence-electron chi connectivity index (χ1n) is 7.28. The summed E-state index contributed by atoms with van der Waals surface area (Å²) in [5, 5.41) is 2.96. The Balaban J connectivity index is 2.01. The quantitative estimate of drug-likeness (QED) is 0.863. The van der Waals surface area contributed by atoms with Crippen LogP contribution in [0.1, 0.15) is 37.0 Å². The summed E-state index contributed by atoms with van der Waals surface area (Å²) >= 11 is 0. The Bertz CT molecular complexity index is 522. The number of carbonyl (C=O) groups excluding carboxylic acids is 2. The number of nitrogens with one attached hydrogen (secondary N) is 1. The van der Waals surface area contributed by atoms with Crippen molar-refractivity contribution in [1.29, 1.82) is 0 Å². The van der Waals surface area contributed by atoms with Crippen molar-refractivity contribution in [2.75, 3.05) is 18.0 Å². The van der Waals surface area contributed by atoms with Crippen LogP contribution < -0.4 is 16.0 Å². The molecule has 0 aromatic carbocycles. The van der Waals surface area contributed by atoms with Gasteiger partial charge in [0.05, 0.1) is 11.3 Å². The highest BCUT2D eigenvalue weighted by Crippen LogP contribution is 2.25. The Morgan fingerprint density at radius 1 is 1.38 bits per heavy atom. The molecule has 0 spiro atoms. The van der Waals surface area contributed by atoms with Crippen LogP contribution in [0.2, 0.25) is 0 Å². The molecule has 1 aliphatic heterocycles. The molecular weight excluding hydrogens is 268 g/mol. The third-order valence-corrected chi connectivity index (χ3v) is 3.70. The van der Waals surface area contributed by atoms with E-state index in [4.69, 9.17) is 5.73 Å². The minimum atomic E-state index is -0.474. The lowest BCUT2D eigenvalue weighted by Gasteiger charge is -2.34. The van der Waals surface area contributed by atoms with Gasteiger partial charge in [-0.3, -0.25) is 14.6 Å². The van der Waals surface area contributed by atoms with Crippen LogP contribution in [0.15, 0.2) is 18.5 Å². The summed E-state index contributed by atoms with van der Waals surface area (Å²) in [7, 11) is 0. The summed E-state index contributed by atoms with van der Waals surface area (Å²) in [6.07, 6.45) is 4.70. The molecule has 0 aliphatic carbocycles. The molecule has 0 saturated carbocycles. The maximum Gasteiger partial charge on any atom is 0.252 e. The van der Waals surface area contributed by atoms with Crippen LogP contribution in [0, 0.1) is 5.92 Å². The molecule has 1 aromatic heterocycles. The maximum atomic E-state index is 12.0. The van der Waals surface area contributed by atoms with E-state index in [1.54, 1.807) is 12.3 Å². The Hall–Kier alpha value is -2.11. The fourth-order valence-electron chi connectivity index (χ4n) is 2.64. The summed E-state index contributed by atoms with van der Waals surface area (Å²) in [6, 6.07) is 1.96. The monoisotopic (exact) mass is 290 g/mol. The minimum absolute atomic E-state index is 0.0440. The highest BCUT2D eigenvalue weighted by Gasteiger charge is 2.26. The number of nitrogens with two attached hydrogens (primary N) is 1. The van der Waals surface area contributed by atoms with Crippen molar-refractivity contribution < 1.29 is 9.59 Å². The van der Waals surface area contributed by atoms with Gasteiger partial charge in [0, 0.05) is 37.4 Å². The third-order valence-electron chi connectivity index (χ3n) is 3.70. The largest absolute Gasteiger partial charge is 0.371 e. The van der Waals surface area contributed by atoms with E-state index in [1.807, 2.05) is 13.8 Å². The Morgan fingerprint density at radius 3 is 2.62 bits per heavy atom.